The topological polar surface area (TPSA) is 57.8 Å². The number of carbonyl (C=O) groups excluding carboxylic acids is 1. The molecule has 1 aliphatic heterocycles. The lowest BCUT2D eigenvalue weighted by Crippen LogP contribution is -2.40. The summed E-state index contributed by atoms with van der Waals surface area (Å²) in [6, 6.07) is 2.85. The van der Waals surface area contributed by atoms with Crippen LogP contribution in [-0.4, -0.2) is 44.5 Å². The molecule has 2 aromatic rings. The quantitative estimate of drug-likeness (QED) is 0.837. The Morgan fingerprint density at radius 3 is 2.79 bits per heavy atom. The highest BCUT2D eigenvalue weighted by Gasteiger charge is 2.23. The first-order chi connectivity index (χ1) is 9.13. The molecule has 0 saturated carbocycles. The fourth-order valence-electron chi connectivity index (χ4n) is 2.30. The van der Waals surface area contributed by atoms with Crippen molar-refractivity contribution in [3.63, 3.8) is 0 Å². The summed E-state index contributed by atoms with van der Waals surface area (Å²) in [5.41, 5.74) is 0.851. The lowest BCUT2D eigenvalue weighted by atomic mass is 10.1. The predicted molar refractivity (Wildman–Crippen MR) is 66.3 cm³/mol. The number of fused-ring (bicyclic) bond motifs is 1. The van der Waals surface area contributed by atoms with E-state index in [1.807, 2.05) is 0 Å². The largest absolute Gasteiger partial charge is 0.393 e. The molecule has 5 nitrogen and oxygen atoms in total. The Morgan fingerprint density at radius 1 is 1.32 bits per heavy atom. The number of imidazole rings is 1. The Hall–Kier alpha value is -1.95. The number of aliphatic hydroxyl groups excluding tert-OH is 1. The summed E-state index contributed by atoms with van der Waals surface area (Å²) in [7, 11) is 0. The van der Waals surface area contributed by atoms with Gasteiger partial charge in [0.25, 0.3) is 5.91 Å². The summed E-state index contributed by atoms with van der Waals surface area (Å²) in [5, 5.41) is 9.42. The molecule has 0 bridgehead atoms. The number of aromatic nitrogens is 2. The number of likely N-dealkylation sites (tertiary alicyclic amines) is 1. The highest BCUT2D eigenvalue weighted by atomic mass is 19.1. The molecule has 0 spiro atoms. The average molecular weight is 263 g/mol. The van der Waals surface area contributed by atoms with Gasteiger partial charge in [-0.3, -0.25) is 4.79 Å². The number of carbonyl (C=O) groups is 1. The number of hydrogen-bond donors (Lipinski definition) is 1. The molecule has 100 valence electrons. The Balaban J connectivity index is 1.85. The van der Waals surface area contributed by atoms with E-state index >= 15 is 0 Å². The first kappa shape index (κ1) is 12.1. The van der Waals surface area contributed by atoms with E-state index in [9.17, 15) is 14.3 Å². The highest BCUT2D eigenvalue weighted by Crippen LogP contribution is 2.14. The van der Waals surface area contributed by atoms with Crippen molar-refractivity contribution < 1.29 is 14.3 Å². The maximum atomic E-state index is 13.1. The van der Waals surface area contributed by atoms with Crippen LogP contribution >= 0.6 is 0 Å². The SMILES string of the molecule is O=C(c1cn2cc(F)ccc2n1)N1CCC(O)CC1. The van der Waals surface area contributed by atoms with Crippen LogP contribution in [0.1, 0.15) is 23.3 Å². The van der Waals surface area contributed by atoms with Crippen LogP contribution in [-0.2, 0) is 0 Å². The van der Waals surface area contributed by atoms with E-state index in [0.29, 0.717) is 37.3 Å². The molecule has 1 aliphatic rings. The minimum atomic E-state index is -0.370. The van der Waals surface area contributed by atoms with Crippen molar-refractivity contribution in [2.24, 2.45) is 0 Å². The summed E-state index contributed by atoms with van der Waals surface area (Å²) in [4.78, 5) is 18.1. The van der Waals surface area contributed by atoms with Gasteiger partial charge in [-0.2, -0.15) is 0 Å². The number of halogens is 1. The number of hydrogen-bond acceptors (Lipinski definition) is 3. The molecule has 3 heterocycles. The average Bonchev–Trinajstić information content (AvgIpc) is 2.81. The molecular formula is C13H14FN3O2. The minimum Gasteiger partial charge on any atom is -0.393 e. The van der Waals surface area contributed by atoms with Gasteiger partial charge in [-0.15, -0.1) is 0 Å². The Bertz CT molecular complexity index is 617. The molecular weight excluding hydrogens is 249 g/mol. The van der Waals surface area contributed by atoms with Crippen molar-refractivity contribution in [2.45, 2.75) is 18.9 Å². The third kappa shape index (κ3) is 2.31. The van der Waals surface area contributed by atoms with E-state index in [1.165, 1.54) is 28.9 Å². The standard InChI is InChI=1S/C13H14FN3O2/c14-9-1-2-12-15-11(8-17(12)7-9)13(19)16-5-3-10(18)4-6-16/h1-2,7-8,10,18H,3-6H2. The molecule has 1 fully saturated rings. The molecule has 0 radical (unpaired) electrons. The number of aliphatic hydroxyl groups is 1. The Labute approximate surface area is 109 Å². The zero-order valence-electron chi connectivity index (χ0n) is 10.3. The van der Waals surface area contributed by atoms with Gasteiger partial charge in [0.2, 0.25) is 0 Å². The summed E-state index contributed by atoms with van der Waals surface area (Å²) in [5.74, 6) is -0.541. The zero-order valence-corrected chi connectivity index (χ0v) is 10.3. The lowest BCUT2D eigenvalue weighted by molar-refractivity contribution is 0.0542. The molecule has 0 aromatic carbocycles. The smallest absolute Gasteiger partial charge is 0.274 e. The second-order valence-electron chi connectivity index (χ2n) is 4.76. The maximum Gasteiger partial charge on any atom is 0.274 e. The van der Waals surface area contributed by atoms with Crippen molar-refractivity contribution in [2.75, 3.05) is 13.1 Å². The number of piperidine rings is 1. The van der Waals surface area contributed by atoms with Crippen molar-refractivity contribution >= 4 is 11.6 Å². The van der Waals surface area contributed by atoms with Gasteiger partial charge in [0.15, 0.2) is 0 Å². The number of pyridine rings is 1. The van der Waals surface area contributed by atoms with E-state index in [-0.39, 0.29) is 17.8 Å². The monoisotopic (exact) mass is 263 g/mol. The molecule has 6 heteroatoms. The molecule has 3 rings (SSSR count). The van der Waals surface area contributed by atoms with Gasteiger partial charge in [0.1, 0.15) is 17.2 Å². The van der Waals surface area contributed by atoms with Crippen LogP contribution < -0.4 is 0 Å². The summed E-state index contributed by atoms with van der Waals surface area (Å²) in [6.45, 7) is 1.06. The van der Waals surface area contributed by atoms with E-state index < -0.39 is 0 Å². The van der Waals surface area contributed by atoms with E-state index in [2.05, 4.69) is 4.98 Å². The van der Waals surface area contributed by atoms with Crippen molar-refractivity contribution in [1.29, 1.82) is 0 Å². The summed E-state index contributed by atoms with van der Waals surface area (Å²) >= 11 is 0. The van der Waals surface area contributed by atoms with Gasteiger partial charge in [0.05, 0.1) is 6.10 Å². The third-order valence-corrected chi connectivity index (χ3v) is 3.39. The Kier molecular flexibility index (Phi) is 2.94. The van der Waals surface area contributed by atoms with Crippen LogP contribution in [0.5, 0.6) is 0 Å². The second kappa shape index (κ2) is 4.62. The number of nitrogens with zero attached hydrogens (tertiary/aromatic N) is 3. The fourth-order valence-corrected chi connectivity index (χ4v) is 2.30. The van der Waals surface area contributed by atoms with Crippen LogP contribution in [0.3, 0.4) is 0 Å². The molecule has 0 aliphatic carbocycles. The third-order valence-electron chi connectivity index (χ3n) is 3.39. The van der Waals surface area contributed by atoms with Crippen LogP contribution in [0, 0.1) is 5.82 Å². The van der Waals surface area contributed by atoms with Gasteiger partial charge in [0, 0.05) is 25.5 Å². The molecule has 0 unspecified atom stereocenters. The van der Waals surface area contributed by atoms with Gasteiger partial charge < -0.3 is 14.4 Å². The predicted octanol–water partition coefficient (Wildman–Crippen LogP) is 1.07. The van der Waals surface area contributed by atoms with Crippen LogP contribution in [0.25, 0.3) is 5.65 Å². The summed E-state index contributed by atoms with van der Waals surface area (Å²) in [6.07, 6.45) is 3.69. The normalized spacial score (nSPS) is 17.1. The fraction of sp³-hybridized carbons (Fsp3) is 0.385. The minimum absolute atomic E-state index is 0.170. The van der Waals surface area contributed by atoms with Gasteiger partial charge in [-0.05, 0) is 25.0 Å². The van der Waals surface area contributed by atoms with Crippen LogP contribution in [0.2, 0.25) is 0 Å². The molecule has 0 atom stereocenters. The maximum absolute atomic E-state index is 13.1. The molecule has 1 saturated heterocycles. The van der Waals surface area contributed by atoms with Crippen molar-refractivity contribution in [3.05, 3.63) is 36.0 Å². The zero-order chi connectivity index (χ0) is 13.4. The number of amides is 1. The highest BCUT2D eigenvalue weighted by molar-refractivity contribution is 5.93. The first-order valence-electron chi connectivity index (χ1n) is 6.25. The van der Waals surface area contributed by atoms with E-state index in [4.69, 9.17) is 0 Å². The van der Waals surface area contributed by atoms with Crippen molar-refractivity contribution in [3.8, 4) is 0 Å². The van der Waals surface area contributed by atoms with E-state index in [1.54, 1.807) is 4.90 Å². The second-order valence-corrected chi connectivity index (χ2v) is 4.76. The van der Waals surface area contributed by atoms with Gasteiger partial charge >= 0.3 is 0 Å². The molecule has 19 heavy (non-hydrogen) atoms. The molecule has 1 amide bonds. The number of rotatable bonds is 1. The van der Waals surface area contributed by atoms with E-state index in [0.717, 1.165) is 0 Å². The van der Waals surface area contributed by atoms with Gasteiger partial charge in [-0.1, -0.05) is 0 Å². The van der Waals surface area contributed by atoms with Crippen LogP contribution in [0.4, 0.5) is 4.39 Å². The van der Waals surface area contributed by atoms with Crippen molar-refractivity contribution in [1.82, 2.24) is 14.3 Å². The Morgan fingerprint density at radius 2 is 2.05 bits per heavy atom. The van der Waals surface area contributed by atoms with Crippen LogP contribution in [0.15, 0.2) is 24.5 Å². The molecule has 2 aromatic heterocycles. The first-order valence-corrected chi connectivity index (χ1v) is 6.25. The molecule has 1 N–H and O–H groups in total. The van der Waals surface area contributed by atoms with Gasteiger partial charge in [-0.25, -0.2) is 9.37 Å². The summed E-state index contributed by atoms with van der Waals surface area (Å²) < 4.78 is 14.6. The lowest BCUT2D eigenvalue weighted by Gasteiger charge is -2.28.